The minimum absolute atomic E-state index is 0.00872. The summed E-state index contributed by atoms with van der Waals surface area (Å²) >= 11 is 7.80. The molecule has 3 atom stereocenters. The van der Waals surface area contributed by atoms with E-state index in [-0.39, 0.29) is 67.1 Å². The van der Waals surface area contributed by atoms with Crippen LogP contribution in [0.2, 0.25) is 5.02 Å². The molecule has 2 heterocycles. The van der Waals surface area contributed by atoms with Gasteiger partial charge in [-0.25, -0.2) is 13.4 Å². The van der Waals surface area contributed by atoms with Gasteiger partial charge in [-0.15, -0.1) is 11.3 Å². The SMILES string of the molecule is Cc1ncsc1-c1ccc(CCC(=O)[C@@H]2C[C@@H](O)CN2C(=O)[C@@H](NC(=O)COCCCCCS(=O)(=O)c2ccc(C(=O)NC3C(C)(C)C(Oc4ccc(C#N)c(Cl)c4)C3(C)C)cc2)C(C)(C)C)cc1. The number of aliphatic hydroxyl groups is 1. The fourth-order valence-electron chi connectivity index (χ4n) is 9.80. The van der Waals surface area contributed by atoms with E-state index >= 15 is 0 Å². The maximum atomic E-state index is 14.0. The number of hydrogen-bond donors (Lipinski definition) is 3. The predicted octanol–water partition coefficient (Wildman–Crippen LogP) is 7.91. The second-order valence-electron chi connectivity index (χ2n) is 20.4. The molecule has 1 saturated heterocycles. The summed E-state index contributed by atoms with van der Waals surface area (Å²) in [4.78, 5) is 61.0. The number of ketones is 1. The monoisotopic (exact) mass is 1000 g/mol. The molecule has 3 aromatic carbocycles. The number of sulfone groups is 1. The number of ether oxygens (including phenoxy) is 2. The molecule has 370 valence electrons. The predicted molar refractivity (Wildman–Crippen MR) is 266 cm³/mol. The van der Waals surface area contributed by atoms with Gasteiger partial charge in [0.15, 0.2) is 15.6 Å². The van der Waals surface area contributed by atoms with Gasteiger partial charge in [0.25, 0.3) is 5.91 Å². The van der Waals surface area contributed by atoms with Gasteiger partial charge in [0, 0.05) is 54.5 Å². The van der Waals surface area contributed by atoms with Gasteiger partial charge in [0.2, 0.25) is 11.8 Å². The molecule has 1 saturated carbocycles. The third-order valence-corrected chi connectivity index (χ3v) is 16.4. The molecule has 0 spiro atoms. The number of unbranched alkanes of at least 4 members (excludes halogenated alkanes) is 2. The molecule has 0 radical (unpaired) electrons. The van der Waals surface area contributed by atoms with E-state index in [1.165, 1.54) is 29.2 Å². The first-order chi connectivity index (χ1) is 32.4. The van der Waals surface area contributed by atoms with Crippen LogP contribution < -0.4 is 15.4 Å². The van der Waals surface area contributed by atoms with E-state index in [1.54, 1.807) is 29.5 Å². The highest BCUT2D eigenvalue weighted by Gasteiger charge is 2.64. The molecule has 69 heavy (non-hydrogen) atoms. The number of hydrogen-bond acceptors (Lipinski definition) is 12. The van der Waals surface area contributed by atoms with E-state index in [2.05, 4.69) is 15.6 Å². The lowest BCUT2D eigenvalue weighted by atomic mass is 9.49. The number of β-amino-alcohol motifs (C(OH)–C–C–N with tert-alkyl or cyclic N) is 1. The molecule has 17 heteroatoms. The molecule has 2 fully saturated rings. The fraction of sp³-hybridized carbons (Fsp3) is 0.500. The molecule has 0 unspecified atom stereocenters. The Kier molecular flexibility index (Phi) is 16.8. The standard InChI is InChI=1S/C52H64ClN5O9S2/c1-32-44(68-31-55-32)34-15-12-33(13-16-34)14-23-42(60)41-26-37(59)29-58(41)47(63)45(50(2,3)4)56-43(61)30-66-24-10-9-11-25-69(64,65)39-21-18-35(19-22-39)46(62)57-48-51(5,6)49(52(48,7)8)67-38-20-17-36(28-54)40(53)27-38/h12-13,15-22,27,31,37,41,45,48-49,59H,9-11,14,23-26,29-30H2,1-8H3,(H,56,61)(H,57,62)/t37-,41+,45-,48?,49?/m1/s1. The van der Waals surface area contributed by atoms with Gasteiger partial charge in [-0.1, -0.05) is 90.8 Å². The number of likely N-dealkylation sites (tertiary alicyclic amines) is 1. The van der Waals surface area contributed by atoms with Crippen LogP contribution in [0.15, 0.2) is 77.1 Å². The Morgan fingerprint density at radius 1 is 1.00 bits per heavy atom. The lowest BCUT2D eigenvalue weighted by Gasteiger charge is -2.63. The zero-order chi connectivity index (χ0) is 50.5. The highest BCUT2D eigenvalue weighted by Crippen LogP contribution is 2.55. The number of thiazole rings is 1. The Labute approximate surface area is 415 Å². The summed E-state index contributed by atoms with van der Waals surface area (Å²) in [5.41, 5.74) is 3.83. The number of Topliss-reactive ketones (excluding diaryl/α,β-unsaturated/α-hetero) is 1. The van der Waals surface area contributed by atoms with Crippen molar-refractivity contribution in [2.24, 2.45) is 16.2 Å². The van der Waals surface area contributed by atoms with Crippen molar-refractivity contribution in [3.63, 3.8) is 0 Å². The van der Waals surface area contributed by atoms with Crippen LogP contribution in [-0.2, 0) is 35.4 Å². The second-order valence-corrected chi connectivity index (χ2v) is 23.8. The number of carbonyl (C=O) groups excluding carboxylic acids is 4. The van der Waals surface area contributed by atoms with Crippen LogP contribution in [0.5, 0.6) is 5.75 Å². The summed E-state index contributed by atoms with van der Waals surface area (Å²) in [5, 5.41) is 26.0. The number of benzene rings is 3. The Hall–Kier alpha value is -5.18. The number of rotatable bonds is 20. The van der Waals surface area contributed by atoms with Crippen molar-refractivity contribution in [3.8, 4) is 22.3 Å². The Morgan fingerprint density at radius 2 is 1.68 bits per heavy atom. The van der Waals surface area contributed by atoms with E-state index in [4.69, 9.17) is 21.1 Å². The maximum absolute atomic E-state index is 14.0. The zero-order valence-corrected chi connectivity index (χ0v) is 43.0. The minimum atomic E-state index is -3.64. The number of nitrogens with one attached hydrogen (secondary N) is 2. The van der Waals surface area contributed by atoms with Crippen molar-refractivity contribution in [1.29, 1.82) is 5.26 Å². The molecule has 0 bridgehead atoms. The molecule has 14 nitrogen and oxygen atoms in total. The van der Waals surface area contributed by atoms with Crippen LogP contribution in [0.4, 0.5) is 0 Å². The summed E-state index contributed by atoms with van der Waals surface area (Å²) in [7, 11) is -3.64. The molecule has 1 aliphatic carbocycles. The van der Waals surface area contributed by atoms with Crippen molar-refractivity contribution in [1.82, 2.24) is 20.5 Å². The van der Waals surface area contributed by atoms with Crippen molar-refractivity contribution < 1.29 is 42.2 Å². The third kappa shape index (κ3) is 12.6. The molecule has 3 N–H and O–H groups in total. The number of aliphatic hydroxyl groups excluding tert-OH is 1. The van der Waals surface area contributed by atoms with Gasteiger partial charge in [-0.2, -0.15) is 5.26 Å². The summed E-state index contributed by atoms with van der Waals surface area (Å²) in [5.74, 6) is -1.01. The highest BCUT2D eigenvalue weighted by atomic mass is 35.5. The normalized spacial score (nSPS) is 20.0. The average molecular weight is 1000 g/mol. The Morgan fingerprint density at radius 3 is 2.29 bits per heavy atom. The molecular weight excluding hydrogens is 938 g/mol. The summed E-state index contributed by atoms with van der Waals surface area (Å²) < 4.78 is 38.3. The zero-order valence-electron chi connectivity index (χ0n) is 40.6. The second kappa shape index (κ2) is 21.9. The first-order valence-corrected chi connectivity index (χ1v) is 26.2. The van der Waals surface area contributed by atoms with Crippen LogP contribution in [0.3, 0.4) is 0 Å². The molecule has 1 aliphatic heterocycles. The van der Waals surface area contributed by atoms with E-state index in [1.807, 2.05) is 91.2 Å². The van der Waals surface area contributed by atoms with Crippen molar-refractivity contribution in [3.05, 3.63) is 99.6 Å². The van der Waals surface area contributed by atoms with Crippen LogP contribution in [-0.4, -0.2) is 103 Å². The smallest absolute Gasteiger partial charge is 0.251 e. The van der Waals surface area contributed by atoms with Crippen LogP contribution in [0.1, 0.15) is 108 Å². The van der Waals surface area contributed by atoms with Crippen LogP contribution in [0.25, 0.3) is 10.4 Å². The minimum Gasteiger partial charge on any atom is -0.489 e. The number of nitrogens with zero attached hydrogens (tertiary/aromatic N) is 3. The summed E-state index contributed by atoms with van der Waals surface area (Å²) in [6.07, 6.45) is 1.03. The first-order valence-electron chi connectivity index (χ1n) is 23.3. The molecule has 2 aliphatic rings. The van der Waals surface area contributed by atoms with Gasteiger partial charge in [-0.3, -0.25) is 19.2 Å². The van der Waals surface area contributed by atoms with Crippen molar-refractivity contribution in [2.75, 3.05) is 25.5 Å². The van der Waals surface area contributed by atoms with Gasteiger partial charge >= 0.3 is 0 Å². The maximum Gasteiger partial charge on any atom is 0.251 e. The number of amides is 3. The highest BCUT2D eigenvalue weighted by molar-refractivity contribution is 7.91. The van der Waals surface area contributed by atoms with Gasteiger partial charge < -0.3 is 30.1 Å². The van der Waals surface area contributed by atoms with Gasteiger partial charge in [0.05, 0.1) is 49.5 Å². The van der Waals surface area contributed by atoms with Crippen molar-refractivity contribution in [2.45, 2.75) is 129 Å². The Balaban J connectivity index is 0.910. The molecule has 4 aromatic rings. The molecular formula is C52H64ClN5O9S2. The topological polar surface area (TPSA) is 205 Å². The van der Waals surface area contributed by atoms with E-state index in [9.17, 15) is 38.0 Å². The summed E-state index contributed by atoms with van der Waals surface area (Å²) in [6, 6.07) is 18.8. The first kappa shape index (κ1) is 53.2. The Bertz CT molecular complexity index is 2640. The summed E-state index contributed by atoms with van der Waals surface area (Å²) in [6.45, 7) is 15.3. The van der Waals surface area contributed by atoms with Gasteiger partial charge in [-0.05, 0) is 79.1 Å². The fourth-order valence-corrected chi connectivity index (χ4v) is 12.2. The number of aryl methyl sites for hydroxylation is 2. The van der Waals surface area contributed by atoms with E-state index < -0.39 is 56.1 Å². The van der Waals surface area contributed by atoms with Crippen LogP contribution >= 0.6 is 22.9 Å². The lowest BCUT2D eigenvalue weighted by Crippen LogP contribution is -2.74. The number of nitriles is 1. The van der Waals surface area contributed by atoms with Crippen molar-refractivity contribution >= 4 is 56.3 Å². The number of halogens is 1. The molecule has 6 rings (SSSR count). The van der Waals surface area contributed by atoms with Crippen LogP contribution in [0, 0.1) is 34.5 Å². The molecule has 3 amide bonds. The average Bonchev–Trinajstić information content (AvgIpc) is 3.92. The molecule has 1 aromatic heterocycles. The largest absolute Gasteiger partial charge is 0.489 e. The number of aromatic nitrogens is 1. The quantitative estimate of drug-likeness (QED) is 0.0726. The lowest BCUT2D eigenvalue weighted by molar-refractivity contribution is -0.164. The van der Waals surface area contributed by atoms with E-state index in [0.29, 0.717) is 47.6 Å². The number of carbonyl (C=O) groups is 4. The van der Waals surface area contributed by atoms with E-state index in [0.717, 1.165) is 21.7 Å². The third-order valence-electron chi connectivity index (χ3n) is 13.3. The van der Waals surface area contributed by atoms with Gasteiger partial charge in [0.1, 0.15) is 30.6 Å².